The Balaban J connectivity index is 2.31. The zero-order chi connectivity index (χ0) is 22.5. The van der Waals surface area contributed by atoms with Gasteiger partial charge in [0.05, 0.1) is 0 Å². The zero-order valence-corrected chi connectivity index (χ0v) is 15.3. The second-order valence-corrected chi connectivity index (χ2v) is 5.90. The number of aryl methyl sites for hydroxylation is 1. The lowest BCUT2D eigenvalue weighted by atomic mass is 10.0. The Labute approximate surface area is 166 Å². The molecule has 0 radical (unpaired) electrons. The van der Waals surface area contributed by atoms with Gasteiger partial charge in [-0.1, -0.05) is 12.2 Å². The number of alkyl halides is 2. The minimum Gasteiger partial charge on any atom is -0.453 e. The van der Waals surface area contributed by atoms with E-state index in [4.69, 9.17) is 0 Å². The van der Waals surface area contributed by atoms with E-state index in [0.29, 0.717) is 18.6 Å². The first-order chi connectivity index (χ1) is 14.0. The molecule has 0 N–H and O–H groups in total. The molecule has 0 amide bonds. The Kier molecular flexibility index (Phi) is 7.47. The first-order valence-corrected chi connectivity index (χ1v) is 8.38. The molecule has 0 fully saturated rings. The fourth-order valence-electron chi connectivity index (χ4n) is 2.48. The molecule has 0 saturated carbocycles. The molecule has 0 aliphatic carbocycles. The van der Waals surface area contributed by atoms with E-state index in [9.17, 15) is 35.1 Å². The van der Waals surface area contributed by atoms with Gasteiger partial charge in [0.2, 0.25) is 0 Å². The Morgan fingerprint density at radius 3 is 2.00 bits per heavy atom. The number of rotatable bonds is 8. The molecule has 0 atom stereocenters. The summed E-state index contributed by atoms with van der Waals surface area (Å²) in [6, 6.07) is 1.79. The van der Waals surface area contributed by atoms with Crippen LogP contribution >= 0.6 is 0 Å². The Hall–Kier alpha value is -3.04. The molecular formula is C20H14F8O2. The normalized spacial score (nSPS) is 11.6. The van der Waals surface area contributed by atoms with Crippen LogP contribution in [0.25, 0.3) is 0 Å². The van der Waals surface area contributed by atoms with Gasteiger partial charge in [-0.3, -0.25) is 0 Å². The molecule has 30 heavy (non-hydrogen) atoms. The molecule has 2 rings (SSSR count). The van der Waals surface area contributed by atoms with Gasteiger partial charge in [-0.25, -0.2) is 17.6 Å². The van der Waals surface area contributed by atoms with Crippen LogP contribution in [0.3, 0.4) is 0 Å². The zero-order valence-electron chi connectivity index (χ0n) is 15.3. The van der Waals surface area contributed by atoms with Gasteiger partial charge in [0.25, 0.3) is 0 Å². The molecule has 2 nitrogen and oxygen atoms in total. The van der Waals surface area contributed by atoms with Crippen molar-refractivity contribution in [3.63, 3.8) is 0 Å². The minimum absolute atomic E-state index is 0.120. The first kappa shape index (κ1) is 23.2. The lowest BCUT2D eigenvalue weighted by molar-refractivity contribution is -0.189. The van der Waals surface area contributed by atoms with Gasteiger partial charge < -0.3 is 9.47 Å². The van der Waals surface area contributed by atoms with Crippen molar-refractivity contribution in [2.75, 3.05) is 0 Å². The predicted octanol–water partition coefficient (Wildman–Crippen LogP) is 7.00. The van der Waals surface area contributed by atoms with E-state index in [1.807, 2.05) is 0 Å². The number of halogens is 8. The molecule has 0 heterocycles. The Bertz CT molecular complexity index is 919. The summed E-state index contributed by atoms with van der Waals surface area (Å²) in [6.07, 6.45) is -3.26. The molecule has 0 unspecified atom stereocenters. The molecule has 0 saturated heterocycles. The largest absolute Gasteiger partial charge is 0.453 e. The quantitative estimate of drug-likeness (QED) is 0.251. The average molecular weight is 438 g/mol. The van der Waals surface area contributed by atoms with E-state index in [1.165, 1.54) is 0 Å². The summed E-state index contributed by atoms with van der Waals surface area (Å²) in [5.41, 5.74) is -1.63. The van der Waals surface area contributed by atoms with Crippen LogP contribution in [0.15, 0.2) is 48.8 Å². The monoisotopic (exact) mass is 438 g/mol. The van der Waals surface area contributed by atoms with Crippen LogP contribution in [0, 0.1) is 23.3 Å². The standard InChI is InChI=1S/C20H14F8O2/c1-2-3-4-5-11-6-13(21)18(14(22)7-11)20(27,28)30-12-8-15(23)19(16(24)9-12)29-10-17(25)26/h2-3,6-10H,4-5H2,1H3/b3-2+. The van der Waals surface area contributed by atoms with Gasteiger partial charge in [-0.2, -0.15) is 17.6 Å². The maximum atomic E-state index is 14.3. The highest BCUT2D eigenvalue weighted by molar-refractivity contribution is 5.36. The van der Waals surface area contributed by atoms with E-state index in [2.05, 4.69) is 9.47 Å². The second kappa shape index (κ2) is 9.64. The smallest absolute Gasteiger partial charge is 0.432 e. The Morgan fingerprint density at radius 2 is 1.50 bits per heavy atom. The first-order valence-electron chi connectivity index (χ1n) is 8.38. The molecule has 0 bridgehead atoms. The molecule has 0 spiro atoms. The van der Waals surface area contributed by atoms with Crippen molar-refractivity contribution < 1.29 is 44.6 Å². The second-order valence-electron chi connectivity index (χ2n) is 5.90. The van der Waals surface area contributed by atoms with Crippen LogP contribution in [0.5, 0.6) is 11.5 Å². The molecule has 0 aliphatic heterocycles. The lowest BCUT2D eigenvalue weighted by Gasteiger charge is -2.20. The summed E-state index contributed by atoms with van der Waals surface area (Å²) in [4.78, 5) is 0. The summed E-state index contributed by atoms with van der Waals surface area (Å²) < 4.78 is 117. The number of ether oxygens (including phenoxy) is 2. The third-order valence-corrected chi connectivity index (χ3v) is 3.71. The third-order valence-electron chi connectivity index (χ3n) is 3.71. The van der Waals surface area contributed by atoms with Crippen molar-refractivity contribution in [1.29, 1.82) is 0 Å². The third kappa shape index (κ3) is 5.74. The highest BCUT2D eigenvalue weighted by atomic mass is 19.3. The van der Waals surface area contributed by atoms with Gasteiger partial charge in [-0.05, 0) is 37.5 Å². The van der Waals surface area contributed by atoms with Gasteiger partial charge in [0.1, 0.15) is 22.9 Å². The van der Waals surface area contributed by atoms with Gasteiger partial charge in [0, 0.05) is 12.1 Å². The summed E-state index contributed by atoms with van der Waals surface area (Å²) in [5, 5.41) is 0. The van der Waals surface area contributed by atoms with Crippen LogP contribution in [0.4, 0.5) is 35.1 Å². The topological polar surface area (TPSA) is 18.5 Å². The molecule has 2 aromatic carbocycles. The fraction of sp³-hybridized carbons (Fsp3) is 0.200. The van der Waals surface area contributed by atoms with Crippen molar-refractivity contribution in [3.05, 3.63) is 83.2 Å². The van der Waals surface area contributed by atoms with Gasteiger partial charge >= 0.3 is 12.2 Å². The molecule has 0 aromatic heterocycles. The van der Waals surface area contributed by atoms with Crippen LogP contribution in [-0.4, -0.2) is 0 Å². The molecular weight excluding hydrogens is 424 g/mol. The highest BCUT2D eigenvalue weighted by Gasteiger charge is 2.41. The van der Waals surface area contributed by atoms with E-state index in [1.54, 1.807) is 19.1 Å². The molecule has 162 valence electrons. The fourth-order valence-corrected chi connectivity index (χ4v) is 2.48. The highest BCUT2D eigenvalue weighted by Crippen LogP contribution is 2.37. The van der Waals surface area contributed by atoms with Crippen molar-refractivity contribution in [1.82, 2.24) is 0 Å². The summed E-state index contributed by atoms with van der Waals surface area (Å²) in [5.74, 6) is -8.98. The SMILES string of the molecule is C/C=C/CCc1cc(F)c(C(F)(F)Oc2cc(F)c(OC=C(F)F)c(F)c2)c(F)c1. The van der Waals surface area contributed by atoms with Crippen molar-refractivity contribution >= 4 is 0 Å². The average Bonchev–Trinajstić information content (AvgIpc) is 2.59. The van der Waals surface area contributed by atoms with Gasteiger partial charge in [0.15, 0.2) is 23.6 Å². The van der Waals surface area contributed by atoms with E-state index in [0.717, 1.165) is 0 Å². The molecule has 0 aliphatic rings. The van der Waals surface area contributed by atoms with E-state index in [-0.39, 0.29) is 30.4 Å². The number of benzene rings is 2. The maximum Gasteiger partial charge on any atom is 0.432 e. The minimum atomic E-state index is -4.64. The number of hydrogen-bond donors (Lipinski definition) is 0. The van der Waals surface area contributed by atoms with Crippen molar-refractivity contribution in [2.45, 2.75) is 25.9 Å². The van der Waals surface area contributed by atoms with Crippen molar-refractivity contribution in [2.24, 2.45) is 0 Å². The van der Waals surface area contributed by atoms with Crippen LogP contribution in [0.1, 0.15) is 24.5 Å². The molecule has 10 heteroatoms. The van der Waals surface area contributed by atoms with Crippen LogP contribution in [0.2, 0.25) is 0 Å². The number of hydrogen-bond acceptors (Lipinski definition) is 2. The predicted molar refractivity (Wildman–Crippen MR) is 91.3 cm³/mol. The summed E-state index contributed by atoms with van der Waals surface area (Å²) >= 11 is 0. The maximum absolute atomic E-state index is 14.3. The summed E-state index contributed by atoms with van der Waals surface area (Å²) in [7, 11) is 0. The van der Waals surface area contributed by atoms with E-state index >= 15 is 0 Å². The summed E-state index contributed by atoms with van der Waals surface area (Å²) in [6.45, 7) is 1.74. The van der Waals surface area contributed by atoms with Crippen LogP contribution < -0.4 is 9.47 Å². The Morgan fingerprint density at radius 1 is 0.933 bits per heavy atom. The number of allylic oxidation sites excluding steroid dienone is 2. The van der Waals surface area contributed by atoms with E-state index < -0.39 is 52.5 Å². The van der Waals surface area contributed by atoms with Crippen molar-refractivity contribution in [3.8, 4) is 11.5 Å². The lowest BCUT2D eigenvalue weighted by Crippen LogP contribution is -2.25. The van der Waals surface area contributed by atoms with Crippen LogP contribution in [-0.2, 0) is 12.5 Å². The molecule has 2 aromatic rings. The van der Waals surface area contributed by atoms with Gasteiger partial charge in [-0.15, -0.1) is 0 Å².